The number of hydrazone groups is 1. The highest BCUT2D eigenvalue weighted by molar-refractivity contribution is 8.26. The van der Waals surface area contributed by atoms with Crippen LogP contribution in [0.25, 0.3) is 6.08 Å². The third-order valence-electron chi connectivity index (χ3n) is 4.87. The lowest BCUT2D eigenvalue weighted by Crippen LogP contribution is -2.35. The molecule has 2 aromatic carbocycles. The Hall–Kier alpha value is -3.30. The van der Waals surface area contributed by atoms with Crippen molar-refractivity contribution in [3.8, 4) is 17.2 Å². The first-order valence-corrected chi connectivity index (χ1v) is 11.8. The van der Waals surface area contributed by atoms with Crippen LogP contribution in [0.3, 0.4) is 0 Å². The Balaban J connectivity index is 1.45. The minimum absolute atomic E-state index is 0.00720. The van der Waals surface area contributed by atoms with Crippen molar-refractivity contribution in [2.75, 3.05) is 19.8 Å². The van der Waals surface area contributed by atoms with Gasteiger partial charge in [-0.25, -0.2) is 0 Å². The maximum absolute atomic E-state index is 12.5. The number of carbonyl (C=O) groups is 1. The van der Waals surface area contributed by atoms with Crippen LogP contribution in [0, 0.1) is 12.3 Å². The summed E-state index contributed by atoms with van der Waals surface area (Å²) in [5, 5.41) is 15.8. The maximum atomic E-state index is 12.5. The molecule has 1 N–H and O–H groups in total. The molecule has 2 aliphatic rings. The van der Waals surface area contributed by atoms with Crippen molar-refractivity contribution < 1.29 is 19.0 Å². The third-order valence-corrected chi connectivity index (χ3v) is 6.12. The van der Waals surface area contributed by atoms with E-state index in [9.17, 15) is 4.79 Å². The molecule has 2 aromatic rings. The minimum atomic E-state index is -0.471. The topological polar surface area (TPSA) is 96.6 Å². The summed E-state index contributed by atoms with van der Waals surface area (Å²) < 4.78 is 17.3. The first-order valence-electron chi connectivity index (χ1n) is 10.6. The number of fused-ring (bicyclic) bond motifs is 1. The van der Waals surface area contributed by atoms with Crippen molar-refractivity contribution in [3.63, 3.8) is 0 Å². The van der Waals surface area contributed by atoms with Crippen molar-refractivity contribution in [2.24, 2.45) is 10.1 Å². The van der Waals surface area contributed by atoms with Gasteiger partial charge in [0.1, 0.15) is 19.0 Å². The van der Waals surface area contributed by atoms with E-state index in [-0.39, 0.29) is 11.4 Å². The predicted octanol–water partition coefficient (Wildman–Crippen LogP) is 5.14. The zero-order valence-corrected chi connectivity index (χ0v) is 20.5. The zero-order valence-electron chi connectivity index (χ0n) is 18.9. The van der Waals surface area contributed by atoms with Gasteiger partial charge < -0.3 is 14.2 Å². The van der Waals surface area contributed by atoms with Gasteiger partial charge in [-0.3, -0.25) is 10.2 Å². The van der Waals surface area contributed by atoms with Gasteiger partial charge in [-0.15, -0.1) is 0 Å². The predicted molar refractivity (Wildman–Crippen MR) is 135 cm³/mol. The number of nitrogens with zero attached hydrogens (tertiary/aromatic N) is 3. The zero-order chi connectivity index (χ0) is 24.2. The monoisotopic (exact) mass is 498 g/mol. The molecule has 0 aliphatic carbocycles. The Morgan fingerprint density at radius 2 is 1.88 bits per heavy atom. The van der Waals surface area contributed by atoms with Crippen molar-refractivity contribution in [1.29, 1.82) is 5.41 Å². The van der Waals surface area contributed by atoms with Crippen LogP contribution < -0.4 is 14.2 Å². The Morgan fingerprint density at radius 3 is 2.65 bits per heavy atom. The van der Waals surface area contributed by atoms with Crippen LogP contribution in [0.1, 0.15) is 25.0 Å². The quantitative estimate of drug-likeness (QED) is 0.399. The summed E-state index contributed by atoms with van der Waals surface area (Å²) in [6, 6.07) is 10.8. The summed E-state index contributed by atoms with van der Waals surface area (Å²) in [5.74, 6) is 1.33. The molecule has 0 fully saturated rings. The minimum Gasteiger partial charge on any atom is -0.490 e. The molecular formula is C24H23ClN4O4S. The number of ether oxygens (including phenoxy) is 3. The van der Waals surface area contributed by atoms with Crippen LogP contribution >= 0.6 is 23.4 Å². The standard InChI is InChI=1S/C24H23ClN4O4S/c1-4-31-21-13-16(12-18-22(26)29-24(27-23(18)30)34-15(3)28-29)5-8-20(21)33-10-9-32-17-6-7-19(25)14(2)11-17/h5-8,11-13,26H,4,9-10H2,1-3H3/b18-12-,26-22?. The molecule has 8 nitrogen and oxygen atoms in total. The molecule has 0 aromatic heterocycles. The molecule has 2 heterocycles. The van der Waals surface area contributed by atoms with Crippen LogP contribution in [0.5, 0.6) is 17.2 Å². The van der Waals surface area contributed by atoms with Crippen LogP contribution in [-0.2, 0) is 4.79 Å². The van der Waals surface area contributed by atoms with Crippen molar-refractivity contribution in [1.82, 2.24) is 5.01 Å². The van der Waals surface area contributed by atoms with Crippen LogP contribution in [0.4, 0.5) is 0 Å². The fourth-order valence-electron chi connectivity index (χ4n) is 3.27. The number of hydrogen-bond donors (Lipinski definition) is 1. The highest BCUT2D eigenvalue weighted by Gasteiger charge is 2.34. The smallest absolute Gasteiger partial charge is 0.283 e. The van der Waals surface area contributed by atoms with Gasteiger partial charge in [0.2, 0.25) is 5.17 Å². The van der Waals surface area contributed by atoms with Crippen LogP contribution in [-0.4, -0.2) is 46.8 Å². The Labute approximate surface area is 206 Å². The van der Waals surface area contributed by atoms with Crippen LogP contribution in [0.15, 0.2) is 52.1 Å². The van der Waals surface area contributed by atoms with Gasteiger partial charge in [0.25, 0.3) is 5.91 Å². The van der Waals surface area contributed by atoms with E-state index in [0.717, 1.165) is 16.4 Å². The number of thioether (sulfide) groups is 1. The largest absolute Gasteiger partial charge is 0.490 e. The second kappa shape index (κ2) is 10.3. The van der Waals surface area contributed by atoms with Crippen molar-refractivity contribution in [3.05, 3.63) is 58.1 Å². The molecular weight excluding hydrogens is 476 g/mol. The highest BCUT2D eigenvalue weighted by atomic mass is 35.5. The second-order valence-electron chi connectivity index (χ2n) is 7.39. The third kappa shape index (κ3) is 5.26. The molecule has 0 spiro atoms. The molecule has 0 saturated carbocycles. The average Bonchev–Trinajstić information content (AvgIpc) is 3.18. The summed E-state index contributed by atoms with van der Waals surface area (Å²) in [5.41, 5.74) is 1.79. The van der Waals surface area contributed by atoms with E-state index in [0.29, 0.717) is 47.1 Å². The molecule has 10 heteroatoms. The molecule has 1 amide bonds. The summed E-state index contributed by atoms with van der Waals surface area (Å²) in [6.45, 7) is 6.70. The van der Waals surface area contributed by atoms with Gasteiger partial charge >= 0.3 is 0 Å². The number of aliphatic imine (C=N–C) groups is 1. The number of nitrogens with one attached hydrogen (secondary N) is 1. The number of amidine groups is 2. The second-order valence-corrected chi connectivity index (χ2v) is 8.95. The molecule has 0 bridgehead atoms. The highest BCUT2D eigenvalue weighted by Crippen LogP contribution is 2.32. The molecule has 0 saturated heterocycles. The summed E-state index contributed by atoms with van der Waals surface area (Å²) in [4.78, 5) is 16.6. The lowest BCUT2D eigenvalue weighted by molar-refractivity contribution is -0.114. The van der Waals surface area contributed by atoms with E-state index >= 15 is 0 Å². The molecule has 0 atom stereocenters. The van der Waals surface area contributed by atoms with E-state index in [1.807, 2.05) is 26.0 Å². The molecule has 0 radical (unpaired) electrons. The molecule has 176 valence electrons. The van der Waals surface area contributed by atoms with E-state index in [1.54, 1.807) is 37.3 Å². The van der Waals surface area contributed by atoms with Crippen LogP contribution in [0.2, 0.25) is 5.02 Å². The summed E-state index contributed by atoms with van der Waals surface area (Å²) >= 11 is 7.31. The molecule has 4 rings (SSSR count). The maximum Gasteiger partial charge on any atom is 0.283 e. The number of rotatable bonds is 8. The van der Waals surface area contributed by atoms with E-state index < -0.39 is 5.91 Å². The van der Waals surface area contributed by atoms with Crippen molar-refractivity contribution in [2.45, 2.75) is 20.8 Å². The summed E-state index contributed by atoms with van der Waals surface area (Å²) in [7, 11) is 0. The number of benzene rings is 2. The van der Waals surface area contributed by atoms with Gasteiger partial charge in [-0.2, -0.15) is 15.1 Å². The number of hydrogen-bond acceptors (Lipinski definition) is 7. The Bertz CT molecular complexity index is 1240. The SMILES string of the molecule is CCOc1cc(/C=C2/C(=N)N3N=C(C)SC3=NC2=O)ccc1OCCOc1ccc(Cl)c(C)c1. The lowest BCUT2D eigenvalue weighted by atomic mass is 10.1. The first kappa shape index (κ1) is 23.8. The number of aryl methyl sites for hydroxylation is 1. The lowest BCUT2D eigenvalue weighted by Gasteiger charge is -2.20. The molecule has 2 aliphatic heterocycles. The first-order chi connectivity index (χ1) is 16.4. The fourth-order valence-corrected chi connectivity index (χ4v) is 4.13. The van der Waals surface area contributed by atoms with E-state index in [2.05, 4.69) is 10.1 Å². The number of carbonyl (C=O) groups excluding carboxylic acids is 1. The average molecular weight is 499 g/mol. The molecule has 0 unspecified atom stereocenters. The number of amides is 1. The van der Waals surface area contributed by atoms with Gasteiger partial charge in [0.15, 0.2) is 17.3 Å². The fraction of sp³-hybridized carbons (Fsp3) is 0.250. The molecule has 34 heavy (non-hydrogen) atoms. The number of halogens is 1. The Kier molecular flexibility index (Phi) is 7.23. The van der Waals surface area contributed by atoms with Gasteiger partial charge in [-0.05, 0) is 80.1 Å². The van der Waals surface area contributed by atoms with E-state index in [4.69, 9.17) is 31.2 Å². The Morgan fingerprint density at radius 1 is 1.09 bits per heavy atom. The van der Waals surface area contributed by atoms with Gasteiger partial charge in [0, 0.05) is 5.02 Å². The normalized spacial score (nSPS) is 16.4. The summed E-state index contributed by atoms with van der Waals surface area (Å²) in [6.07, 6.45) is 1.61. The van der Waals surface area contributed by atoms with E-state index in [1.165, 1.54) is 16.8 Å². The van der Waals surface area contributed by atoms with Gasteiger partial charge in [-0.1, -0.05) is 17.7 Å². The van der Waals surface area contributed by atoms with Gasteiger partial charge in [0.05, 0.1) is 17.2 Å². The van der Waals surface area contributed by atoms with Crippen molar-refractivity contribution >= 4 is 51.4 Å².